The van der Waals surface area contributed by atoms with E-state index < -0.39 is 17.6 Å². The quantitative estimate of drug-likeness (QED) is 0.375. The molecule has 1 fully saturated rings. The summed E-state index contributed by atoms with van der Waals surface area (Å²) in [5.41, 5.74) is 0.783. The number of nitrogens with zero attached hydrogens (tertiary/aromatic N) is 2. The summed E-state index contributed by atoms with van der Waals surface area (Å²) in [6, 6.07) is 5.86. The van der Waals surface area contributed by atoms with E-state index >= 15 is 0 Å². The van der Waals surface area contributed by atoms with Gasteiger partial charge < -0.3 is 18.6 Å². The normalized spacial score (nSPS) is 17.0. The Kier molecular flexibility index (Phi) is 7.85. The molecule has 0 N–H and O–H groups in total. The molecule has 1 unspecified atom stereocenters. The summed E-state index contributed by atoms with van der Waals surface area (Å²) in [5.74, 6) is 0.434. The molecule has 0 spiro atoms. The Morgan fingerprint density at radius 1 is 1.22 bits per heavy atom. The molecule has 8 nitrogen and oxygen atoms in total. The molecule has 4 rings (SSSR count). The van der Waals surface area contributed by atoms with Crippen molar-refractivity contribution >= 4 is 17.6 Å². The number of methoxy groups -OCH3 is 1. The van der Waals surface area contributed by atoms with Gasteiger partial charge in [0.05, 0.1) is 25.6 Å². The molecule has 3 heterocycles. The molecule has 0 amide bonds. The van der Waals surface area contributed by atoms with Gasteiger partial charge in [0.15, 0.2) is 12.2 Å². The van der Waals surface area contributed by atoms with Crippen LogP contribution in [0.2, 0.25) is 5.02 Å². The van der Waals surface area contributed by atoms with Crippen LogP contribution < -0.4 is 10.3 Å². The average molecular weight is 515 g/mol. The van der Waals surface area contributed by atoms with Crippen LogP contribution in [-0.4, -0.2) is 40.9 Å². The third-order valence-corrected chi connectivity index (χ3v) is 6.24. The van der Waals surface area contributed by atoms with Gasteiger partial charge in [-0.2, -0.15) is 0 Å². The largest absolute Gasteiger partial charge is 0.495 e. The minimum absolute atomic E-state index is 0.139. The van der Waals surface area contributed by atoms with Crippen molar-refractivity contribution in [2.24, 2.45) is 0 Å². The summed E-state index contributed by atoms with van der Waals surface area (Å²) >= 11 is 6.31. The maximum absolute atomic E-state index is 13.5. The second-order valence-electron chi connectivity index (χ2n) is 9.83. The fourth-order valence-corrected chi connectivity index (χ4v) is 4.56. The van der Waals surface area contributed by atoms with E-state index in [9.17, 15) is 9.59 Å². The molecule has 1 aliphatic heterocycles. The number of carbonyl (C=O) groups excluding carboxylic acids is 1. The zero-order chi connectivity index (χ0) is 25.9. The number of hydrogen-bond donors (Lipinski definition) is 0. The predicted molar refractivity (Wildman–Crippen MR) is 136 cm³/mol. The van der Waals surface area contributed by atoms with Gasteiger partial charge in [-0.05, 0) is 63.8 Å². The van der Waals surface area contributed by atoms with Gasteiger partial charge in [-0.3, -0.25) is 9.36 Å². The molecule has 3 aromatic rings. The molecule has 192 valence electrons. The molecule has 0 aliphatic carbocycles. The Labute approximate surface area is 215 Å². The molecule has 9 heteroatoms. The molecule has 2 aromatic heterocycles. The summed E-state index contributed by atoms with van der Waals surface area (Å²) in [7, 11) is 1.51. The molecule has 36 heavy (non-hydrogen) atoms. The van der Waals surface area contributed by atoms with E-state index in [4.69, 9.17) is 30.2 Å². The molecule has 1 aliphatic rings. The molecule has 0 bridgehead atoms. The van der Waals surface area contributed by atoms with Gasteiger partial charge >= 0.3 is 5.97 Å². The highest BCUT2D eigenvalue weighted by Gasteiger charge is 2.32. The Morgan fingerprint density at radius 3 is 2.67 bits per heavy atom. The molecule has 2 atom stereocenters. The van der Waals surface area contributed by atoms with Crippen LogP contribution in [0.25, 0.3) is 22.5 Å². The zero-order valence-corrected chi connectivity index (χ0v) is 21.7. The highest BCUT2D eigenvalue weighted by Crippen LogP contribution is 2.38. The molecule has 1 saturated heterocycles. The fraction of sp³-hybridized carbons (Fsp3) is 0.444. The smallest absolute Gasteiger partial charge is 0.329 e. The lowest BCUT2D eigenvalue weighted by molar-refractivity contribution is -0.160. The maximum Gasteiger partial charge on any atom is 0.329 e. The average Bonchev–Trinajstić information content (AvgIpc) is 3.37. The number of pyridine rings is 1. The standard InChI is InChI=1S/C27H31ClN2O6/c1-27(2,3)36-26(32)22(12-18-7-5-6-10-34-18)30-15-24(33-4)21(13-25(30)31)20-11-17(28)8-9-19(20)23-14-29-16-35-23/h8-9,11,13-16,18,22H,5-7,10,12H2,1-4H3/t18-,22?/m0/s1. The van der Waals surface area contributed by atoms with Gasteiger partial charge in [-0.1, -0.05) is 11.6 Å². The number of hydrogen-bond acceptors (Lipinski definition) is 7. The van der Waals surface area contributed by atoms with Crippen LogP contribution in [0.4, 0.5) is 0 Å². The van der Waals surface area contributed by atoms with Gasteiger partial charge in [-0.15, -0.1) is 0 Å². The van der Waals surface area contributed by atoms with E-state index in [2.05, 4.69) is 4.98 Å². The second-order valence-corrected chi connectivity index (χ2v) is 10.3. The number of carbonyl (C=O) groups is 1. The van der Waals surface area contributed by atoms with E-state index in [1.807, 2.05) is 0 Å². The number of halogens is 1. The lowest BCUT2D eigenvalue weighted by Crippen LogP contribution is -2.37. The summed E-state index contributed by atoms with van der Waals surface area (Å²) in [4.78, 5) is 30.8. The van der Waals surface area contributed by atoms with Crippen LogP contribution in [0.3, 0.4) is 0 Å². The summed E-state index contributed by atoms with van der Waals surface area (Å²) < 4.78 is 24.2. The zero-order valence-electron chi connectivity index (χ0n) is 21.0. The van der Waals surface area contributed by atoms with E-state index in [0.717, 1.165) is 19.3 Å². The van der Waals surface area contributed by atoms with Gasteiger partial charge in [-0.25, -0.2) is 9.78 Å². The Morgan fingerprint density at radius 2 is 2.03 bits per heavy atom. The highest BCUT2D eigenvalue weighted by molar-refractivity contribution is 6.31. The lowest BCUT2D eigenvalue weighted by Gasteiger charge is -2.29. The van der Waals surface area contributed by atoms with Gasteiger partial charge in [0.1, 0.15) is 17.4 Å². The minimum Gasteiger partial charge on any atom is -0.495 e. The van der Waals surface area contributed by atoms with Crippen LogP contribution in [0.1, 0.15) is 52.5 Å². The highest BCUT2D eigenvalue weighted by atomic mass is 35.5. The van der Waals surface area contributed by atoms with Crippen LogP contribution in [-0.2, 0) is 14.3 Å². The van der Waals surface area contributed by atoms with Crippen molar-refractivity contribution in [2.75, 3.05) is 13.7 Å². The summed E-state index contributed by atoms with van der Waals surface area (Å²) in [6.07, 6.45) is 7.50. The van der Waals surface area contributed by atoms with Crippen molar-refractivity contribution in [1.82, 2.24) is 9.55 Å². The lowest BCUT2D eigenvalue weighted by atomic mass is 9.97. The third kappa shape index (κ3) is 5.99. The number of oxazole rings is 1. The Bertz CT molecular complexity index is 1260. The third-order valence-electron chi connectivity index (χ3n) is 6.01. The van der Waals surface area contributed by atoms with Crippen molar-refractivity contribution in [1.29, 1.82) is 0 Å². The second kappa shape index (κ2) is 10.9. The number of ether oxygens (including phenoxy) is 3. The molecular formula is C27H31ClN2O6. The van der Waals surface area contributed by atoms with E-state index in [1.165, 1.54) is 24.1 Å². The van der Waals surface area contributed by atoms with E-state index in [1.54, 1.807) is 51.4 Å². The summed E-state index contributed by atoms with van der Waals surface area (Å²) in [5, 5.41) is 0.487. The van der Waals surface area contributed by atoms with Gasteiger partial charge in [0, 0.05) is 35.2 Å². The van der Waals surface area contributed by atoms with Crippen molar-refractivity contribution < 1.29 is 23.4 Å². The van der Waals surface area contributed by atoms with Gasteiger partial charge in [0.2, 0.25) is 0 Å². The number of rotatable bonds is 7. The number of benzene rings is 1. The van der Waals surface area contributed by atoms with Crippen molar-refractivity contribution in [3.8, 4) is 28.2 Å². The molecule has 0 radical (unpaired) electrons. The topological polar surface area (TPSA) is 92.8 Å². The molecule has 0 saturated carbocycles. The van der Waals surface area contributed by atoms with Crippen molar-refractivity contribution in [2.45, 2.75) is 64.2 Å². The summed E-state index contributed by atoms with van der Waals surface area (Å²) in [6.45, 7) is 6.04. The first-order valence-electron chi connectivity index (χ1n) is 12.0. The van der Waals surface area contributed by atoms with Gasteiger partial charge in [0.25, 0.3) is 5.56 Å². The number of aromatic nitrogens is 2. The van der Waals surface area contributed by atoms with E-state index in [-0.39, 0.29) is 11.7 Å². The predicted octanol–water partition coefficient (Wildman–Crippen LogP) is 5.67. The first kappa shape index (κ1) is 26.0. The fourth-order valence-electron chi connectivity index (χ4n) is 4.38. The Balaban J connectivity index is 1.80. The molecule has 1 aromatic carbocycles. The minimum atomic E-state index is -0.865. The molecular weight excluding hydrogens is 484 g/mol. The number of esters is 1. The van der Waals surface area contributed by atoms with Crippen LogP contribution >= 0.6 is 11.6 Å². The van der Waals surface area contributed by atoms with Crippen molar-refractivity contribution in [3.63, 3.8) is 0 Å². The monoisotopic (exact) mass is 514 g/mol. The first-order chi connectivity index (χ1) is 17.2. The van der Waals surface area contributed by atoms with Crippen LogP contribution in [0.5, 0.6) is 5.75 Å². The Hall–Kier alpha value is -3.10. The first-order valence-corrected chi connectivity index (χ1v) is 12.4. The maximum atomic E-state index is 13.5. The van der Waals surface area contributed by atoms with Crippen molar-refractivity contribution in [3.05, 3.63) is 58.4 Å². The van der Waals surface area contributed by atoms with E-state index in [0.29, 0.717) is 46.3 Å². The van der Waals surface area contributed by atoms with Crippen LogP contribution in [0.15, 0.2) is 52.3 Å². The van der Waals surface area contributed by atoms with Crippen LogP contribution in [0, 0.1) is 0 Å². The SMILES string of the molecule is COc1cn(C(C[C@@H]2CCCCO2)C(=O)OC(C)(C)C)c(=O)cc1-c1cc(Cl)ccc1-c1cnco1.